The van der Waals surface area contributed by atoms with E-state index in [1.807, 2.05) is 0 Å². The standard InChI is InChI=1S/C63H36N4OS/c1-2-14-37(15-3-1)39-21-12-22-44(32-39)61-64-62(66-63(65-61)50-26-13-25-48-46-24-10-11-27-56(46)69-60(48)50)49-30-31-54-57(52-34-41-18-5-7-20-43(41)36-55(52)68-54)59(49)67-53-35-42-19-6-4-17-40(42)33-51(53)47-29-28-38-16-8-9-23-45(38)58(47)67/h1-36H. The second-order valence-corrected chi connectivity index (χ2v) is 19.0. The van der Waals surface area contributed by atoms with E-state index in [0.717, 1.165) is 98.1 Å². The van der Waals surface area contributed by atoms with Gasteiger partial charge in [0.2, 0.25) is 0 Å². The van der Waals surface area contributed by atoms with Crippen LogP contribution >= 0.6 is 11.3 Å². The first kappa shape index (κ1) is 38.2. The highest BCUT2D eigenvalue weighted by atomic mass is 32.1. The van der Waals surface area contributed by atoms with Gasteiger partial charge >= 0.3 is 0 Å². The van der Waals surface area contributed by atoms with Gasteiger partial charge in [0.25, 0.3) is 0 Å². The maximum Gasteiger partial charge on any atom is 0.166 e. The Balaban J connectivity index is 1.11. The molecule has 11 aromatic carbocycles. The van der Waals surface area contributed by atoms with Gasteiger partial charge in [0.15, 0.2) is 17.5 Å². The third kappa shape index (κ3) is 5.86. The molecule has 15 rings (SSSR count). The lowest BCUT2D eigenvalue weighted by Crippen LogP contribution is -2.04. The van der Waals surface area contributed by atoms with E-state index in [9.17, 15) is 0 Å². The van der Waals surface area contributed by atoms with Crippen LogP contribution < -0.4 is 0 Å². The fourth-order valence-electron chi connectivity index (χ4n) is 10.8. The van der Waals surface area contributed by atoms with Gasteiger partial charge in [-0.25, -0.2) is 15.0 Å². The number of thiophene rings is 1. The van der Waals surface area contributed by atoms with Crippen molar-refractivity contribution in [2.75, 3.05) is 0 Å². The van der Waals surface area contributed by atoms with Crippen molar-refractivity contribution in [2.24, 2.45) is 0 Å². The van der Waals surface area contributed by atoms with Crippen molar-refractivity contribution in [3.63, 3.8) is 0 Å². The van der Waals surface area contributed by atoms with Crippen LogP contribution in [0, 0.1) is 0 Å². The largest absolute Gasteiger partial charge is 0.456 e. The van der Waals surface area contributed by atoms with Crippen LogP contribution in [0.2, 0.25) is 0 Å². The van der Waals surface area contributed by atoms with Crippen molar-refractivity contribution in [1.29, 1.82) is 0 Å². The van der Waals surface area contributed by atoms with Crippen molar-refractivity contribution in [1.82, 2.24) is 19.5 Å². The minimum Gasteiger partial charge on any atom is -0.456 e. The van der Waals surface area contributed by atoms with Gasteiger partial charge in [-0.2, -0.15) is 0 Å². The van der Waals surface area contributed by atoms with Gasteiger partial charge in [0.1, 0.15) is 11.2 Å². The lowest BCUT2D eigenvalue weighted by Gasteiger charge is -2.17. The van der Waals surface area contributed by atoms with Crippen LogP contribution in [0.1, 0.15) is 0 Å². The van der Waals surface area contributed by atoms with Gasteiger partial charge < -0.3 is 8.98 Å². The van der Waals surface area contributed by atoms with Crippen LogP contribution in [0.3, 0.4) is 0 Å². The number of fused-ring (bicyclic) bond motifs is 13. The molecule has 0 radical (unpaired) electrons. The number of hydrogen-bond donors (Lipinski definition) is 0. The Morgan fingerprint density at radius 2 is 0.986 bits per heavy atom. The fraction of sp³-hybridized carbons (Fsp3) is 0. The summed E-state index contributed by atoms with van der Waals surface area (Å²) in [4.78, 5) is 16.6. The van der Waals surface area contributed by atoms with Crippen LogP contribution in [0.5, 0.6) is 0 Å². The highest BCUT2D eigenvalue weighted by Gasteiger charge is 2.26. The summed E-state index contributed by atoms with van der Waals surface area (Å²) >= 11 is 1.78. The summed E-state index contributed by atoms with van der Waals surface area (Å²) in [6, 6.07) is 78.0. The number of hydrogen-bond acceptors (Lipinski definition) is 5. The fourth-order valence-corrected chi connectivity index (χ4v) is 12.0. The predicted molar refractivity (Wildman–Crippen MR) is 289 cm³/mol. The van der Waals surface area contributed by atoms with Gasteiger partial charge in [-0.05, 0) is 92.7 Å². The molecule has 0 N–H and O–H groups in total. The molecule has 6 heteroatoms. The zero-order valence-electron chi connectivity index (χ0n) is 36.9. The maximum absolute atomic E-state index is 6.93. The Morgan fingerprint density at radius 3 is 1.81 bits per heavy atom. The molecule has 69 heavy (non-hydrogen) atoms. The van der Waals surface area contributed by atoms with Gasteiger partial charge in [0, 0.05) is 58.4 Å². The molecule has 0 fully saturated rings. The normalized spacial score (nSPS) is 12.1. The quantitative estimate of drug-likeness (QED) is 0.173. The van der Waals surface area contributed by atoms with Crippen molar-refractivity contribution in [2.45, 2.75) is 0 Å². The highest BCUT2D eigenvalue weighted by molar-refractivity contribution is 7.26. The third-order valence-electron chi connectivity index (χ3n) is 14.0. The van der Waals surface area contributed by atoms with E-state index in [0.29, 0.717) is 17.5 Å². The number of rotatable bonds is 5. The molecule has 0 saturated carbocycles. The van der Waals surface area contributed by atoms with E-state index in [1.165, 1.54) is 31.6 Å². The van der Waals surface area contributed by atoms with Crippen LogP contribution in [0.25, 0.3) is 147 Å². The Kier molecular flexibility index (Phi) is 8.17. The summed E-state index contributed by atoms with van der Waals surface area (Å²) in [5.74, 6) is 1.78. The Labute approximate surface area is 398 Å². The molecule has 320 valence electrons. The molecule has 0 amide bonds. The minimum atomic E-state index is 0.571. The number of nitrogens with zero attached hydrogens (tertiary/aromatic N) is 4. The molecular weight excluding hydrogens is 861 g/mol. The molecule has 0 spiro atoms. The van der Waals surface area contributed by atoms with Crippen LogP contribution in [-0.2, 0) is 0 Å². The molecule has 0 aliphatic heterocycles. The monoisotopic (exact) mass is 896 g/mol. The molecule has 0 atom stereocenters. The van der Waals surface area contributed by atoms with Gasteiger partial charge in [-0.3, -0.25) is 0 Å². The van der Waals surface area contributed by atoms with E-state index >= 15 is 0 Å². The van der Waals surface area contributed by atoms with E-state index < -0.39 is 0 Å². The molecule has 0 saturated heterocycles. The molecule has 4 heterocycles. The molecule has 15 aromatic rings. The van der Waals surface area contributed by atoms with E-state index in [-0.39, 0.29) is 0 Å². The topological polar surface area (TPSA) is 56.7 Å². The number of furan rings is 1. The third-order valence-corrected chi connectivity index (χ3v) is 15.2. The Hall–Kier alpha value is -8.97. The average Bonchev–Trinajstić information content (AvgIpc) is 4.08. The molecule has 0 aliphatic rings. The second kappa shape index (κ2) is 14.8. The first-order chi connectivity index (χ1) is 34.2. The van der Waals surface area contributed by atoms with Crippen LogP contribution in [0.15, 0.2) is 223 Å². The number of benzene rings is 11. The first-order valence-corrected chi connectivity index (χ1v) is 24.1. The maximum atomic E-state index is 6.93. The summed E-state index contributed by atoms with van der Waals surface area (Å²) in [6.07, 6.45) is 0. The molecule has 4 aromatic heterocycles. The lowest BCUT2D eigenvalue weighted by molar-refractivity contribution is 0.669. The number of aromatic nitrogens is 4. The summed E-state index contributed by atoms with van der Waals surface area (Å²) in [5, 5.41) is 13.7. The van der Waals surface area contributed by atoms with Gasteiger partial charge in [0.05, 0.1) is 22.1 Å². The lowest BCUT2D eigenvalue weighted by atomic mass is 10.0. The SMILES string of the molecule is c1ccc(-c2cccc(-c3nc(-c4ccc5oc6cc7ccccc7cc6c5c4-n4c5cc6ccccc6cc5c5ccc6ccccc6c54)nc(-c4cccc5c4sc4ccccc45)n3)c2)cc1. The smallest absolute Gasteiger partial charge is 0.166 e. The zero-order chi connectivity index (χ0) is 45.2. The van der Waals surface area contributed by atoms with Gasteiger partial charge in [-0.15, -0.1) is 11.3 Å². The summed E-state index contributed by atoms with van der Waals surface area (Å²) in [6.45, 7) is 0. The van der Waals surface area contributed by atoms with E-state index in [2.05, 4.69) is 223 Å². The zero-order valence-corrected chi connectivity index (χ0v) is 37.7. The molecule has 0 aliphatic carbocycles. The van der Waals surface area contributed by atoms with Crippen molar-refractivity contribution >= 4 is 108 Å². The van der Waals surface area contributed by atoms with Crippen molar-refractivity contribution in [3.8, 4) is 51.0 Å². The Morgan fingerprint density at radius 1 is 0.362 bits per heavy atom. The molecule has 0 unspecified atom stereocenters. The minimum absolute atomic E-state index is 0.571. The molecule has 0 bridgehead atoms. The van der Waals surface area contributed by atoms with Crippen molar-refractivity contribution in [3.05, 3.63) is 218 Å². The molecular formula is C63H36N4OS. The van der Waals surface area contributed by atoms with E-state index in [1.54, 1.807) is 11.3 Å². The highest BCUT2D eigenvalue weighted by Crippen LogP contribution is 2.47. The van der Waals surface area contributed by atoms with Crippen molar-refractivity contribution < 1.29 is 4.42 Å². The summed E-state index contributed by atoms with van der Waals surface area (Å²) < 4.78 is 11.8. The first-order valence-electron chi connectivity index (χ1n) is 23.2. The Bertz CT molecular complexity index is 4620. The van der Waals surface area contributed by atoms with Crippen LogP contribution in [-0.4, -0.2) is 19.5 Å². The summed E-state index contributed by atoms with van der Waals surface area (Å²) in [7, 11) is 0. The predicted octanol–water partition coefficient (Wildman–Crippen LogP) is 17.4. The second-order valence-electron chi connectivity index (χ2n) is 17.9. The molecule has 5 nitrogen and oxygen atoms in total. The van der Waals surface area contributed by atoms with Crippen LogP contribution in [0.4, 0.5) is 0 Å². The summed E-state index contributed by atoms with van der Waals surface area (Å²) in [5.41, 5.74) is 9.72. The van der Waals surface area contributed by atoms with E-state index in [4.69, 9.17) is 19.4 Å². The average molecular weight is 897 g/mol. The van der Waals surface area contributed by atoms with Gasteiger partial charge in [-0.1, -0.05) is 164 Å².